The van der Waals surface area contributed by atoms with Gasteiger partial charge in [0.25, 0.3) is 0 Å². The van der Waals surface area contributed by atoms with E-state index in [-0.39, 0.29) is 12.0 Å². The van der Waals surface area contributed by atoms with Crippen LogP contribution in [0.25, 0.3) is 0 Å². The molecule has 0 spiro atoms. The van der Waals surface area contributed by atoms with E-state index in [0.29, 0.717) is 0 Å². The van der Waals surface area contributed by atoms with Crippen LogP contribution in [0.4, 0.5) is 5.69 Å². The summed E-state index contributed by atoms with van der Waals surface area (Å²) in [5.74, 6) is -0.868. The van der Waals surface area contributed by atoms with Crippen LogP contribution < -0.4 is 4.90 Å². The molecule has 1 aliphatic rings. The Balaban J connectivity index is 2.16. The van der Waals surface area contributed by atoms with Crippen LogP contribution in [-0.2, 0) is 4.79 Å². The first-order chi connectivity index (χ1) is 7.50. The third-order valence-corrected chi connectivity index (χ3v) is 3.30. The van der Waals surface area contributed by atoms with Crippen molar-refractivity contribution in [3.05, 3.63) is 29.3 Å². The first-order valence-corrected chi connectivity index (χ1v) is 5.53. The highest BCUT2D eigenvalue weighted by Gasteiger charge is 2.46. The first-order valence-electron chi connectivity index (χ1n) is 5.53. The van der Waals surface area contributed by atoms with Gasteiger partial charge in [0, 0.05) is 18.8 Å². The third-order valence-electron chi connectivity index (χ3n) is 3.30. The van der Waals surface area contributed by atoms with Crippen LogP contribution in [-0.4, -0.2) is 24.2 Å². The fourth-order valence-electron chi connectivity index (χ4n) is 2.25. The van der Waals surface area contributed by atoms with Crippen molar-refractivity contribution in [2.24, 2.45) is 5.92 Å². The molecule has 1 saturated carbocycles. The zero-order valence-corrected chi connectivity index (χ0v) is 9.90. The van der Waals surface area contributed by atoms with Crippen molar-refractivity contribution in [3.8, 4) is 0 Å². The zero-order valence-electron chi connectivity index (χ0n) is 9.90. The van der Waals surface area contributed by atoms with Crippen LogP contribution in [0.5, 0.6) is 0 Å². The monoisotopic (exact) mass is 219 g/mol. The second-order valence-corrected chi connectivity index (χ2v) is 4.65. The van der Waals surface area contributed by atoms with E-state index < -0.39 is 5.97 Å². The number of carboxylic acid groups (broad SMARTS) is 1. The lowest BCUT2D eigenvalue weighted by atomic mass is 10.1. The van der Waals surface area contributed by atoms with Gasteiger partial charge in [-0.1, -0.05) is 17.7 Å². The molecule has 0 amide bonds. The van der Waals surface area contributed by atoms with Crippen LogP contribution in [0.1, 0.15) is 17.5 Å². The lowest BCUT2D eigenvalue weighted by Gasteiger charge is -2.21. The number of rotatable bonds is 3. The molecule has 16 heavy (non-hydrogen) atoms. The Morgan fingerprint density at radius 2 is 2.12 bits per heavy atom. The average Bonchev–Trinajstić information content (AvgIpc) is 2.96. The minimum atomic E-state index is -0.679. The molecule has 0 saturated heterocycles. The summed E-state index contributed by atoms with van der Waals surface area (Å²) in [5.41, 5.74) is 3.58. The summed E-state index contributed by atoms with van der Waals surface area (Å²) in [5, 5.41) is 8.91. The minimum Gasteiger partial charge on any atom is -0.481 e. The summed E-state index contributed by atoms with van der Waals surface area (Å²) in [6, 6.07) is 6.43. The molecule has 1 N–H and O–H groups in total. The van der Waals surface area contributed by atoms with Crippen LogP contribution >= 0.6 is 0 Å². The van der Waals surface area contributed by atoms with Crippen LogP contribution in [0, 0.1) is 19.8 Å². The molecule has 0 aromatic heterocycles. The Morgan fingerprint density at radius 3 is 2.62 bits per heavy atom. The van der Waals surface area contributed by atoms with Crippen LogP contribution in [0.2, 0.25) is 0 Å². The van der Waals surface area contributed by atoms with Crippen LogP contribution in [0.15, 0.2) is 18.2 Å². The van der Waals surface area contributed by atoms with Crippen molar-refractivity contribution >= 4 is 11.7 Å². The van der Waals surface area contributed by atoms with Gasteiger partial charge in [0.15, 0.2) is 0 Å². The van der Waals surface area contributed by atoms with Gasteiger partial charge in [-0.3, -0.25) is 4.79 Å². The van der Waals surface area contributed by atoms with Gasteiger partial charge in [-0.2, -0.15) is 0 Å². The molecule has 3 heteroatoms. The normalized spacial score (nSPS) is 22.9. The molecule has 0 aliphatic heterocycles. The molecular weight excluding hydrogens is 202 g/mol. The largest absolute Gasteiger partial charge is 0.481 e. The smallest absolute Gasteiger partial charge is 0.308 e. The van der Waals surface area contributed by atoms with Gasteiger partial charge >= 0.3 is 5.97 Å². The number of hydrogen-bond acceptors (Lipinski definition) is 2. The number of nitrogens with zero attached hydrogens (tertiary/aromatic N) is 1. The highest BCUT2D eigenvalue weighted by atomic mass is 16.4. The van der Waals surface area contributed by atoms with Gasteiger partial charge in [-0.15, -0.1) is 0 Å². The average molecular weight is 219 g/mol. The van der Waals surface area contributed by atoms with Crippen LogP contribution in [0.3, 0.4) is 0 Å². The molecule has 1 fully saturated rings. The van der Waals surface area contributed by atoms with Gasteiger partial charge < -0.3 is 10.0 Å². The molecule has 2 rings (SSSR count). The fraction of sp³-hybridized carbons (Fsp3) is 0.462. The molecule has 1 aromatic carbocycles. The van der Waals surface area contributed by atoms with Crippen molar-refractivity contribution in [1.29, 1.82) is 0 Å². The number of aliphatic carboxylic acids is 1. The Labute approximate surface area is 95.7 Å². The Morgan fingerprint density at radius 1 is 1.44 bits per heavy atom. The maximum atomic E-state index is 10.8. The van der Waals surface area contributed by atoms with Crippen molar-refractivity contribution in [2.75, 3.05) is 11.9 Å². The second kappa shape index (κ2) is 3.81. The molecule has 3 nitrogen and oxygen atoms in total. The summed E-state index contributed by atoms with van der Waals surface area (Å²) >= 11 is 0. The van der Waals surface area contributed by atoms with E-state index in [1.54, 1.807) is 0 Å². The number of carboxylic acids is 1. The molecule has 2 unspecified atom stereocenters. The predicted molar refractivity (Wildman–Crippen MR) is 63.8 cm³/mol. The number of hydrogen-bond donors (Lipinski definition) is 1. The molecule has 1 aliphatic carbocycles. The first kappa shape index (κ1) is 11.0. The van der Waals surface area contributed by atoms with Gasteiger partial charge in [0.2, 0.25) is 0 Å². The number of anilines is 1. The summed E-state index contributed by atoms with van der Waals surface area (Å²) in [7, 11) is 1.98. The Hall–Kier alpha value is -1.51. The van der Waals surface area contributed by atoms with E-state index in [0.717, 1.165) is 12.1 Å². The number of aryl methyl sites for hydroxylation is 2. The summed E-state index contributed by atoms with van der Waals surface area (Å²) in [6.07, 6.45) is 0.763. The van der Waals surface area contributed by atoms with Gasteiger partial charge in [0.1, 0.15) is 0 Å². The summed E-state index contributed by atoms with van der Waals surface area (Å²) < 4.78 is 0. The third kappa shape index (κ3) is 1.90. The topological polar surface area (TPSA) is 40.5 Å². The molecule has 1 aromatic rings. The maximum Gasteiger partial charge on any atom is 0.308 e. The molecular formula is C13H17NO2. The maximum absolute atomic E-state index is 10.8. The molecule has 0 radical (unpaired) electrons. The highest BCUT2D eigenvalue weighted by molar-refractivity contribution is 5.76. The van der Waals surface area contributed by atoms with Gasteiger partial charge in [-0.25, -0.2) is 0 Å². The summed E-state index contributed by atoms with van der Waals surface area (Å²) in [6.45, 7) is 4.13. The summed E-state index contributed by atoms with van der Waals surface area (Å²) in [4.78, 5) is 12.9. The number of benzene rings is 1. The number of carbonyl (C=O) groups is 1. The zero-order chi connectivity index (χ0) is 11.9. The molecule has 2 atom stereocenters. The SMILES string of the molecule is Cc1ccc(N(C)C2CC2C(=O)O)c(C)c1. The van der Waals surface area contributed by atoms with E-state index in [1.165, 1.54) is 11.1 Å². The van der Waals surface area contributed by atoms with E-state index in [9.17, 15) is 4.79 Å². The lowest BCUT2D eigenvalue weighted by molar-refractivity contribution is -0.138. The van der Waals surface area contributed by atoms with Crippen molar-refractivity contribution in [3.63, 3.8) is 0 Å². The van der Waals surface area contributed by atoms with Crippen molar-refractivity contribution in [1.82, 2.24) is 0 Å². The van der Waals surface area contributed by atoms with E-state index in [4.69, 9.17) is 5.11 Å². The van der Waals surface area contributed by atoms with E-state index in [1.807, 2.05) is 7.05 Å². The Bertz CT molecular complexity index is 428. The fourth-order valence-corrected chi connectivity index (χ4v) is 2.25. The van der Waals surface area contributed by atoms with Crippen molar-refractivity contribution < 1.29 is 9.90 Å². The quantitative estimate of drug-likeness (QED) is 0.847. The minimum absolute atomic E-state index is 0.166. The second-order valence-electron chi connectivity index (χ2n) is 4.65. The standard InChI is InChI=1S/C13H17NO2/c1-8-4-5-11(9(2)6-8)14(3)12-7-10(12)13(15)16/h4-6,10,12H,7H2,1-3H3,(H,15,16). The molecule has 0 heterocycles. The van der Waals surface area contributed by atoms with E-state index >= 15 is 0 Å². The van der Waals surface area contributed by atoms with E-state index in [2.05, 4.69) is 36.9 Å². The molecule has 86 valence electrons. The molecule has 0 bridgehead atoms. The van der Waals surface area contributed by atoms with Crippen molar-refractivity contribution in [2.45, 2.75) is 26.3 Å². The predicted octanol–water partition coefficient (Wildman–Crippen LogP) is 2.21. The Kier molecular flexibility index (Phi) is 2.62. The lowest BCUT2D eigenvalue weighted by Crippen LogP contribution is -2.24. The van der Waals surface area contributed by atoms with Gasteiger partial charge in [0.05, 0.1) is 5.92 Å². The van der Waals surface area contributed by atoms with Gasteiger partial charge in [-0.05, 0) is 31.9 Å². The highest BCUT2D eigenvalue weighted by Crippen LogP contribution is 2.38.